The van der Waals surface area contributed by atoms with Crippen molar-refractivity contribution in [3.8, 4) is 5.69 Å². The minimum absolute atomic E-state index is 0.363. The lowest BCUT2D eigenvalue weighted by molar-refractivity contribution is 0.1000. The van der Waals surface area contributed by atoms with Gasteiger partial charge in [-0.2, -0.15) is 5.10 Å². The van der Waals surface area contributed by atoms with E-state index in [1.165, 1.54) is 6.20 Å². The molecule has 0 aliphatic rings. The zero-order valence-corrected chi connectivity index (χ0v) is 10.4. The van der Waals surface area contributed by atoms with Crippen molar-refractivity contribution in [2.45, 2.75) is 6.92 Å². The van der Waals surface area contributed by atoms with Crippen LogP contribution in [-0.2, 0) is 0 Å². The summed E-state index contributed by atoms with van der Waals surface area (Å²) in [6.07, 6.45) is 3.31. The third kappa shape index (κ3) is 1.85. The van der Waals surface area contributed by atoms with E-state index in [4.69, 9.17) is 5.73 Å². The Morgan fingerprint density at radius 3 is 2.74 bits per heavy atom. The highest BCUT2D eigenvalue weighted by Crippen LogP contribution is 2.23. The van der Waals surface area contributed by atoms with Gasteiger partial charge in [-0.1, -0.05) is 18.2 Å². The summed E-state index contributed by atoms with van der Waals surface area (Å²) in [4.78, 5) is 15.8. The van der Waals surface area contributed by atoms with E-state index in [-0.39, 0.29) is 0 Å². The van der Waals surface area contributed by atoms with Crippen molar-refractivity contribution in [2.24, 2.45) is 5.73 Å². The zero-order valence-electron chi connectivity index (χ0n) is 10.4. The molecular formula is C14H12N4O. The highest BCUT2D eigenvalue weighted by molar-refractivity contribution is 6.03. The Hall–Kier alpha value is -2.69. The molecule has 19 heavy (non-hydrogen) atoms. The molecule has 5 nitrogen and oxygen atoms in total. The summed E-state index contributed by atoms with van der Waals surface area (Å²) >= 11 is 0. The second-order valence-electron chi connectivity index (χ2n) is 4.30. The highest BCUT2D eigenvalue weighted by Gasteiger charge is 2.15. The van der Waals surface area contributed by atoms with Gasteiger partial charge in [0.25, 0.3) is 5.91 Å². The average Bonchev–Trinajstić information content (AvgIpc) is 2.83. The van der Waals surface area contributed by atoms with Gasteiger partial charge >= 0.3 is 0 Å². The molecule has 0 saturated carbocycles. The summed E-state index contributed by atoms with van der Waals surface area (Å²) in [6, 6.07) is 9.47. The Morgan fingerprint density at radius 1 is 1.26 bits per heavy atom. The van der Waals surface area contributed by atoms with E-state index in [0.717, 1.165) is 16.6 Å². The fourth-order valence-electron chi connectivity index (χ4n) is 2.09. The number of rotatable bonds is 2. The SMILES string of the molecule is Cc1ccn(-c2c(C(N)=O)cnc3ccccc23)n1. The first-order valence-electron chi connectivity index (χ1n) is 5.87. The Labute approximate surface area is 109 Å². The maximum Gasteiger partial charge on any atom is 0.252 e. The van der Waals surface area contributed by atoms with Gasteiger partial charge in [0.05, 0.1) is 22.5 Å². The monoisotopic (exact) mass is 252 g/mol. The number of aromatic nitrogens is 3. The van der Waals surface area contributed by atoms with Gasteiger partial charge in [0.1, 0.15) is 0 Å². The van der Waals surface area contributed by atoms with Gasteiger partial charge in [-0.3, -0.25) is 9.78 Å². The van der Waals surface area contributed by atoms with E-state index in [1.54, 1.807) is 4.68 Å². The molecule has 0 saturated heterocycles. The lowest BCUT2D eigenvalue weighted by atomic mass is 10.1. The van der Waals surface area contributed by atoms with Crippen molar-refractivity contribution in [1.29, 1.82) is 0 Å². The zero-order chi connectivity index (χ0) is 13.4. The van der Waals surface area contributed by atoms with E-state index in [1.807, 2.05) is 43.5 Å². The molecular weight excluding hydrogens is 240 g/mol. The normalized spacial score (nSPS) is 10.8. The van der Waals surface area contributed by atoms with Crippen LogP contribution in [0, 0.1) is 6.92 Å². The number of nitrogens with two attached hydrogens (primary N) is 1. The number of hydrogen-bond acceptors (Lipinski definition) is 3. The molecule has 1 aromatic carbocycles. The molecule has 0 unspecified atom stereocenters. The summed E-state index contributed by atoms with van der Waals surface area (Å²) in [6.45, 7) is 1.89. The maximum atomic E-state index is 11.6. The predicted octanol–water partition coefficient (Wildman–Crippen LogP) is 1.83. The summed E-state index contributed by atoms with van der Waals surface area (Å²) in [7, 11) is 0. The van der Waals surface area contributed by atoms with Gasteiger partial charge in [0.15, 0.2) is 0 Å². The second kappa shape index (κ2) is 4.20. The van der Waals surface area contributed by atoms with Crippen LogP contribution in [0.1, 0.15) is 16.1 Å². The first-order chi connectivity index (χ1) is 9.16. The minimum atomic E-state index is -0.513. The molecule has 5 heteroatoms. The smallest absolute Gasteiger partial charge is 0.252 e. The number of aryl methyl sites for hydroxylation is 1. The molecule has 0 aliphatic heterocycles. The molecule has 2 N–H and O–H groups in total. The minimum Gasteiger partial charge on any atom is -0.365 e. The van der Waals surface area contributed by atoms with Crippen molar-refractivity contribution < 1.29 is 4.79 Å². The predicted molar refractivity (Wildman–Crippen MR) is 72.1 cm³/mol. The molecule has 0 fully saturated rings. The largest absolute Gasteiger partial charge is 0.365 e. The molecule has 0 radical (unpaired) electrons. The van der Waals surface area contributed by atoms with E-state index < -0.39 is 5.91 Å². The van der Waals surface area contributed by atoms with Crippen LogP contribution in [0.2, 0.25) is 0 Å². The van der Waals surface area contributed by atoms with E-state index in [0.29, 0.717) is 11.3 Å². The van der Waals surface area contributed by atoms with E-state index in [2.05, 4.69) is 10.1 Å². The Kier molecular flexibility index (Phi) is 2.52. The van der Waals surface area contributed by atoms with E-state index in [9.17, 15) is 4.79 Å². The number of pyridine rings is 1. The topological polar surface area (TPSA) is 73.8 Å². The van der Waals surface area contributed by atoms with Gasteiger partial charge in [0, 0.05) is 17.8 Å². The van der Waals surface area contributed by atoms with Gasteiger partial charge in [-0.25, -0.2) is 4.68 Å². The standard InChI is InChI=1S/C14H12N4O/c1-9-6-7-18(17-9)13-10-4-2-3-5-12(10)16-8-11(13)14(15)19/h2-8H,1H3,(H2,15,19). The van der Waals surface area contributed by atoms with Crippen molar-refractivity contribution in [1.82, 2.24) is 14.8 Å². The fraction of sp³-hybridized carbons (Fsp3) is 0.0714. The van der Waals surface area contributed by atoms with Gasteiger partial charge in [-0.05, 0) is 19.1 Å². The fourth-order valence-corrected chi connectivity index (χ4v) is 2.09. The number of fused-ring (bicyclic) bond motifs is 1. The first-order valence-corrected chi connectivity index (χ1v) is 5.87. The third-order valence-electron chi connectivity index (χ3n) is 2.96. The summed E-state index contributed by atoms with van der Waals surface area (Å²) in [5.74, 6) is -0.513. The van der Waals surface area contributed by atoms with Crippen LogP contribution < -0.4 is 5.73 Å². The Morgan fingerprint density at radius 2 is 2.05 bits per heavy atom. The molecule has 0 spiro atoms. The highest BCUT2D eigenvalue weighted by atomic mass is 16.1. The van der Waals surface area contributed by atoms with Crippen molar-refractivity contribution in [2.75, 3.05) is 0 Å². The molecule has 2 heterocycles. The van der Waals surface area contributed by atoms with Crippen LogP contribution in [0.4, 0.5) is 0 Å². The first kappa shape index (κ1) is 11.4. The summed E-state index contributed by atoms with van der Waals surface area (Å²) < 4.78 is 1.67. The second-order valence-corrected chi connectivity index (χ2v) is 4.30. The van der Waals surface area contributed by atoms with Crippen LogP contribution in [0.15, 0.2) is 42.7 Å². The molecule has 3 aromatic rings. The summed E-state index contributed by atoms with van der Waals surface area (Å²) in [5.41, 5.74) is 8.14. The van der Waals surface area contributed by atoms with Gasteiger partial charge in [0.2, 0.25) is 0 Å². The average molecular weight is 252 g/mol. The van der Waals surface area contributed by atoms with Gasteiger partial charge in [-0.15, -0.1) is 0 Å². The van der Waals surface area contributed by atoms with Crippen molar-refractivity contribution in [3.63, 3.8) is 0 Å². The Balaban J connectivity index is 2.41. The number of primary amides is 1. The number of para-hydroxylation sites is 1. The molecule has 94 valence electrons. The van der Waals surface area contributed by atoms with Crippen LogP contribution in [-0.4, -0.2) is 20.7 Å². The molecule has 2 aromatic heterocycles. The lowest BCUT2D eigenvalue weighted by Crippen LogP contribution is -2.16. The number of amides is 1. The van der Waals surface area contributed by atoms with Crippen LogP contribution in [0.3, 0.4) is 0 Å². The Bertz CT molecular complexity index is 776. The quantitative estimate of drug-likeness (QED) is 0.756. The molecule has 0 aliphatic carbocycles. The molecule has 0 atom stereocenters. The summed E-state index contributed by atoms with van der Waals surface area (Å²) in [5, 5.41) is 5.20. The third-order valence-corrected chi connectivity index (χ3v) is 2.96. The lowest BCUT2D eigenvalue weighted by Gasteiger charge is -2.10. The van der Waals surface area contributed by atoms with Crippen LogP contribution >= 0.6 is 0 Å². The number of nitrogens with zero attached hydrogens (tertiary/aromatic N) is 3. The van der Waals surface area contributed by atoms with Crippen molar-refractivity contribution in [3.05, 3.63) is 54.0 Å². The van der Waals surface area contributed by atoms with E-state index >= 15 is 0 Å². The maximum absolute atomic E-state index is 11.6. The number of carbonyl (C=O) groups is 1. The van der Waals surface area contributed by atoms with Crippen molar-refractivity contribution >= 4 is 16.8 Å². The number of hydrogen-bond donors (Lipinski definition) is 1. The molecule has 0 bridgehead atoms. The molecule has 3 rings (SSSR count). The van der Waals surface area contributed by atoms with Crippen LogP contribution in [0.5, 0.6) is 0 Å². The number of benzene rings is 1. The number of carbonyl (C=O) groups excluding carboxylic acids is 1. The van der Waals surface area contributed by atoms with Gasteiger partial charge < -0.3 is 5.73 Å². The van der Waals surface area contributed by atoms with Crippen LogP contribution in [0.25, 0.3) is 16.6 Å². The molecule has 1 amide bonds.